The SMILES string of the molecule is Cn1c2ccc(I)cc2c2cc(I)ccc21.[2H]c1c(Br)c([2H])c2c3c([2H])c(Br)c([2H])c([2H])c3n(C)c2c1[2H].[2H]c1c(I)c([2H])c2c3c([2H])c(I)c([2H])c([2H])c3n(C)c2c1[2H].[2H]c1cc2c(c([2H])c1Br)c1c([2H])c(Br)c([2H])cc1n2C.[2H]c1cc2c(c([2H])c1I)c1c([2H])c(I)c([2H])cc1n2C.[2H]c1cc2c(cc1I)c1cc(I)c([2H])cc1n2C. The molecular formula is C78H54Br4I8N6. The Kier molecular flexibility index (Phi) is 15.4. The van der Waals surface area contributed by atoms with Gasteiger partial charge in [0.25, 0.3) is 0 Å². The highest BCUT2D eigenvalue weighted by atomic mass is 127. The molecule has 0 aliphatic carbocycles. The predicted molar refractivity (Wildman–Crippen MR) is 495 cm³/mol. The predicted octanol–water partition coefficient (Wildman–Crippen LogP) is 27.9. The maximum Gasteiger partial charge on any atom is 0.0645 e. The summed E-state index contributed by atoms with van der Waals surface area (Å²) < 4.78 is 197. The van der Waals surface area contributed by atoms with Gasteiger partial charge in [0.2, 0.25) is 0 Å². The van der Waals surface area contributed by atoms with E-state index >= 15 is 0 Å². The third-order valence-electron chi connectivity index (χ3n) is 15.9. The van der Waals surface area contributed by atoms with E-state index in [1.54, 1.807) is 42.9 Å². The van der Waals surface area contributed by atoms with Crippen LogP contribution >= 0.6 is 244 Å². The second kappa shape index (κ2) is 30.3. The molecule has 6 nitrogen and oxygen atoms in total. The summed E-state index contributed by atoms with van der Waals surface area (Å²) in [5, 5.41) is 9.22. The Morgan fingerprint density at radius 1 is 0.208 bits per heavy atom. The van der Waals surface area contributed by atoms with Crippen LogP contribution in [-0.2, 0) is 42.3 Å². The van der Waals surface area contributed by atoms with Gasteiger partial charge in [-0.3, -0.25) is 0 Å². The fourth-order valence-corrected chi connectivity index (χ4v) is 16.2. The van der Waals surface area contributed by atoms with Crippen LogP contribution in [0.5, 0.6) is 0 Å². The number of fused-ring (bicyclic) bond motifs is 18. The fraction of sp³-hybridized carbons (Fsp3) is 0.0769. The number of aryl methyl sites for hydroxylation is 6. The molecule has 6 heterocycles. The molecule has 18 heteroatoms. The summed E-state index contributed by atoms with van der Waals surface area (Å²) in [5.74, 6) is 0. The van der Waals surface area contributed by atoms with Crippen LogP contribution in [0.3, 0.4) is 0 Å². The maximum atomic E-state index is 8.29. The molecule has 12 aromatic carbocycles. The largest absolute Gasteiger partial charge is 0.344 e. The number of nitrogens with zero attached hydrogens (tertiary/aromatic N) is 6. The molecule has 0 unspecified atom stereocenters. The molecule has 0 saturated heterocycles. The lowest BCUT2D eigenvalue weighted by atomic mass is 10.2. The molecule has 0 bridgehead atoms. The molecule has 6 aromatic heterocycles. The second-order valence-electron chi connectivity index (χ2n) is 21.4. The van der Waals surface area contributed by atoms with Crippen LogP contribution in [0.4, 0.5) is 0 Å². The van der Waals surface area contributed by atoms with Gasteiger partial charge in [0.05, 0.1) is 30.2 Å². The number of benzene rings is 12. The van der Waals surface area contributed by atoms with Crippen molar-refractivity contribution in [1.29, 1.82) is 0 Å². The lowest BCUT2D eigenvalue weighted by molar-refractivity contribution is 1.01. The number of aromatic nitrogens is 6. The third-order valence-corrected chi connectivity index (χ3v) is 22.3. The van der Waals surface area contributed by atoms with Crippen LogP contribution in [0.25, 0.3) is 131 Å². The molecule has 0 amide bonds. The fourth-order valence-electron chi connectivity index (χ4n) is 11.4. The lowest BCUT2D eigenvalue weighted by Gasteiger charge is -1.97. The van der Waals surface area contributed by atoms with E-state index < -0.39 is 0 Å². The van der Waals surface area contributed by atoms with Crippen molar-refractivity contribution in [2.45, 2.75) is 0 Å². The Bertz CT molecular complexity index is 6760. The Morgan fingerprint density at radius 3 is 0.750 bits per heavy atom. The van der Waals surface area contributed by atoms with Gasteiger partial charge in [-0.25, -0.2) is 0 Å². The van der Waals surface area contributed by atoms with Gasteiger partial charge in [-0.2, -0.15) is 0 Å². The topological polar surface area (TPSA) is 29.6 Å². The zero-order valence-electron chi connectivity index (χ0n) is 72.3. The Hall–Kier alpha value is -2.80. The highest BCUT2D eigenvalue weighted by Crippen LogP contribution is 2.37. The molecule has 0 aliphatic heterocycles. The van der Waals surface area contributed by atoms with E-state index in [0.29, 0.717) is 125 Å². The highest BCUT2D eigenvalue weighted by molar-refractivity contribution is 14.1. The van der Waals surface area contributed by atoms with E-state index in [4.69, 9.17) is 30.2 Å². The summed E-state index contributed by atoms with van der Waals surface area (Å²) in [6.07, 6.45) is 0. The molecule has 0 saturated carbocycles. The van der Waals surface area contributed by atoms with Crippen molar-refractivity contribution in [2.75, 3.05) is 0 Å². The lowest BCUT2D eigenvalue weighted by Crippen LogP contribution is -1.85. The summed E-state index contributed by atoms with van der Waals surface area (Å²) in [6, 6.07) is 30.9. The van der Waals surface area contributed by atoms with Gasteiger partial charge in [-0.1, -0.05) is 63.7 Å². The summed E-state index contributed by atoms with van der Waals surface area (Å²) in [5.41, 5.74) is 9.09. The zero-order valence-corrected chi connectivity index (χ0v) is 73.9. The molecule has 0 radical (unpaired) electrons. The van der Waals surface area contributed by atoms with Gasteiger partial charge in [-0.05, 0) is 399 Å². The summed E-state index contributed by atoms with van der Waals surface area (Å²) >= 11 is 29.7. The average molecular weight is 2430 g/mol. The van der Waals surface area contributed by atoms with Crippen molar-refractivity contribution in [1.82, 2.24) is 27.4 Å². The first-order valence-corrected chi connectivity index (χ1v) is 40.0. The first-order valence-electron chi connectivity index (χ1n) is 39.2. The third kappa shape index (κ3) is 14.6. The first-order chi connectivity index (χ1) is 55.2. The number of halogens is 12. The van der Waals surface area contributed by atoms with Gasteiger partial charge in [0, 0.05) is 220 Å². The van der Waals surface area contributed by atoms with Crippen LogP contribution < -0.4 is 0 Å². The molecule has 18 rings (SSSR count). The van der Waals surface area contributed by atoms with E-state index in [2.05, 4.69) is 219 Å². The Labute approximate surface area is 729 Å². The molecule has 96 heavy (non-hydrogen) atoms. The van der Waals surface area contributed by atoms with Crippen molar-refractivity contribution in [3.8, 4) is 0 Å². The van der Waals surface area contributed by atoms with E-state index in [1.807, 2.05) is 133 Å². The summed E-state index contributed by atoms with van der Waals surface area (Å²) in [4.78, 5) is 0. The molecule has 0 fully saturated rings. The monoisotopic (exact) mass is 2430 g/mol. The smallest absolute Gasteiger partial charge is 0.0645 e. The molecule has 0 atom stereocenters. The van der Waals surface area contributed by atoms with Crippen LogP contribution in [0, 0.1) is 28.6 Å². The number of hydrogen-bond acceptors (Lipinski definition) is 0. The maximum absolute atomic E-state index is 8.29. The minimum absolute atomic E-state index is 0.0131. The van der Waals surface area contributed by atoms with Crippen LogP contribution in [0.1, 0.15) is 30.2 Å². The van der Waals surface area contributed by atoms with E-state index in [0.717, 1.165) is 51.0 Å². The summed E-state index contributed by atoms with van der Waals surface area (Å²) in [7, 11) is 11.1. The number of rotatable bonds is 0. The molecule has 0 N–H and O–H groups in total. The van der Waals surface area contributed by atoms with Gasteiger partial charge in [-0.15, -0.1) is 0 Å². The van der Waals surface area contributed by atoms with Crippen molar-refractivity contribution in [3.05, 3.63) is 264 Å². The highest BCUT2D eigenvalue weighted by Gasteiger charge is 2.15. The average Bonchev–Trinajstić information content (AvgIpc) is 1.56. The standard InChI is InChI=1S/2C13H9Br2N.4C13H9I2N/c6*1-16-12-4-2-8(14)6-10(12)11-7-9(15)3-5-13(11)16/h6*2-7H,1H3/i2D,3D,4D,5D,6D,7D;2D,3D,6D,7D;2D,3D,4D,5D,6D,7D;2D,3D,6D,7D;2D,3D;. The first kappa shape index (κ1) is 49.0. The molecule has 0 aliphatic rings. The quantitative estimate of drug-likeness (QED) is 0.135. The minimum atomic E-state index is -0.105. The number of hydrogen-bond donors (Lipinski definition) is 0. The van der Waals surface area contributed by atoms with Crippen molar-refractivity contribution < 1.29 is 30.2 Å². The van der Waals surface area contributed by atoms with E-state index in [1.165, 1.54) is 33.5 Å². The molecule has 0 spiro atoms. The van der Waals surface area contributed by atoms with Crippen molar-refractivity contribution in [3.63, 3.8) is 0 Å². The van der Waals surface area contributed by atoms with Gasteiger partial charge in [0.1, 0.15) is 0 Å². The summed E-state index contributed by atoms with van der Waals surface area (Å²) in [6.45, 7) is 0. The van der Waals surface area contributed by atoms with Crippen LogP contribution in [-0.4, -0.2) is 27.4 Å². The Morgan fingerprint density at radius 2 is 0.417 bits per heavy atom. The van der Waals surface area contributed by atoms with Crippen molar-refractivity contribution in [2.24, 2.45) is 42.3 Å². The molecule has 480 valence electrons. The van der Waals surface area contributed by atoms with E-state index in [9.17, 15) is 0 Å². The van der Waals surface area contributed by atoms with Gasteiger partial charge < -0.3 is 27.4 Å². The molecule has 18 aromatic rings. The Balaban J connectivity index is 0.000000123. The van der Waals surface area contributed by atoms with Gasteiger partial charge >= 0.3 is 0 Å². The van der Waals surface area contributed by atoms with Crippen LogP contribution in [0.15, 0.2) is 236 Å². The minimum Gasteiger partial charge on any atom is -0.344 e. The van der Waals surface area contributed by atoms with Gasteiger partial charge in [0.15, 0.2) is 0 Å². The van der Waals surface area contributed by atoms with Crippen LogP contribution in [0.2, 0.25) is 0 Å². The molecular weight excluding hydrogens is 2360 g/mol. The zero-order chi connectivity index (χ0) is 86.8. The van der Waals surface area contributed by atoms with E-state index in [-0.39, 0.29) is 106 Å². The second-order valence-corrected chi connectivity index (χ2v) is 33.7. The van der Waals surface area contributed by atoms with Crippen molar-refractivity contribution >= 4 is 375 Å². The normalized spacial score (nSPS) is 14.6.